The van der Waals surface area contributed by atoms with Gasteiger partial charge in [0.1, 0.15) is 6.42 Å². The van der Waals surface area contributed by atoms with Gasteiger partial charge in [-0.3, -0.25) is 9.59 Å². The maximum atomic E-state index is 12.5. The molecule has 0 saturated heterocycles. The van der Waals surface area contributed by atoms with Gasteiger partial charge in [0, 0.05) is 5.69 Å². The molecule has 2 aromatic rings. The summed E-state index contributed by atoms with van der Waals surface area (Å²) in [5.74, 6) is -0.750. The van der Waals surface area contributed by atoms with Crippen molar-refractivity contribution in [1.82, 2.24) is 0 Å². The molecule has 2 N–H and O–H groups in total. The molecule has 0 fully saturated rings. The molecule has 5 nitrogen and oxygen atoms in total. The highest BCUT2D eigenvalue weighted by atomic mass is 16.2. The summed E-state index contributed by atoms with van der Waals surface area (Å²) in [5, 5.41) is 14.0. The van der Waals surface area contributed by atoms with E-state index in [4.69, 9.17) is 5.26 Å². The third-order valence-corrected chi connectivity index (χ3v) is 3.33. The highest BCUT2D eigenvalue weighted by Crippen LogP contribution is 2.20. The number of para-hydroxylation sites is 2. The number of nitriles is 1. The fourth-order valence-corrected chi connectivity index (χ4v) is 2.20. The highest BCUT2D eigenvalue weighted by Gasteiger charge is 2.14. The standard InChI is InChI=1S/C18H17N3O2/c1-2-13-7-3-5-9-15(13)21-18(23)14-8-4-6-10-16(14)20-17(22)11-12-19/h3-10H,2,11H2,1H3,(H,20,22)(H,21,23). The van der Waals surface area contributed by atoms with Gasteiger partial charge < -0.3 is 10.6 Å². The van der Waals surface area contributed by atoms with Gasteiger partial charge in [0.25, 0.3) is 5.91 Å². The second-order valence-corrected chi connectivity index (χ2v) is 4.89. The Hall–Kier alpha value is -3.13. The molecule has 5 heteroatoms. The molecule has 0 radical (unpaired) electrons. The van der Waals surface area contributed by atoms with E-state index in [1.165, 1.54) is 0 Å². The molecule has 0 aromatic heterocycles. The zero-order valence-corrected chi connectivity index (χ0v) is 12.8. The van der Waals surface area contributed by atoms with E-state index in [9.17, 15) is 9.59 Å². The normalized spacial score (nSPS) is 9.74. The van der Waals surface area contributed by atoms with Crippen molar-refractivity contribution in [2.75, 3.05) is 10.6 Å². The number of carbonyl (C=O) groups is 2. The number of rotatable bonds is 5. The predicted molar refractivity (Wildman–Crippen MR) is 89.1 cm³/mol. The molecular formula is C18H17N3O2. The first-order valence-electron chi connectivity index (χ1n) is 7.30. The topological polar surface area (TPSA) is 82.0 Å². The van der Waals surface area contributed by atoms with Gasteiger partial charge >= 0.3 is 0 Å². The fourth-order valence-electron chi connectivity index (χ4n) is 2.20. The molecule has 0 unspecified atom stereocenters. The monoisotopic (exact) mass is 307 g/mol. The Balaban J connectivity index is 2.23. The van der Waals surface area contributed by atoms with Gasteiger partial charge in [-0.2, -0.15) is 5.26 Å². The third-order valence-electron chi connectivity index (χ3n) is 3.33. The number of hydrogen-bond donors (Lipinski definition) is 2. The van der Waals surface area contributed by atoms with E-state index in [2.05, 4.69) is 10.6 Å². The van der Waals surface area contributed by atoms with Crippen molar-refractivity contribution in [2.24, 2.45) is 0 Å². The van der Waals surface area contributed by atoms with E-state index in [0.717, 1.165) is 17.7 Å². The number of aryl methyl sites for hydroxylation is 1. The van der Waals surface area contributed by atoms with Crippen molar-refractivity contribution in [3.63, 3.8) is 0 Å². The Morgan fingerprint density at radius 2 is 1.65 bits per heavy atom. The SMILES string of the molecule is CCc1ccccc1NC(=O)c1ccccc1NC(=O)CC#N. The lowest BCUT2D eigenvalue weighted by molar-refractivity contribution is -0.115. The summed E-state index contributed by atoms with van der Waals surface area (Å²) in [6, 6.07) is 16.1. The van der Waals surface area contributed by atoms with E-state index in [0.29, 0.717) is 11.3 Å². The lowest BCUT2D eigenvalue weighted by atomic mass is 10.1. The Morgan fingerprint density at radius 1 is 1.00 bits per heavy atom. The van der Waals surface area contributed by atoms with Crippen LogP contribution in [-0.4, -0.2) is 11.8 Å². The molecular weight excluding hydrogens is 290 g/mol. The van der Waals surface area contributed by atoms with Gasteiger partial charge in [-0.25, -0.2) is 0 Å². The largest absolute Gasteiger partial charge is 0.324 e. The summed E-state index contributed by atoms with van der Waals surface area (Å²) in [7, 11) is 0. The van der Waals surface area contributed by atoms with Gasteiger partial charge in [0.05, 0.1) is 17.3 Å². The zero-order chi connectivity index (χ0) is 16.7. The molecule has 0 heterocycles. The Kier molecular flexibility index (Phi) is 5.48. The summed E-state index contributed by atoms with van der Waals surface area (Å²) in [4.78, 5) is 24.1. The summed E-state index contributed by atoms with van der Waals surface area (Å²) < 4.78 is 0. The predicted octanol–water partition coefficient (Wildman–Crippen LogP) is 3.35. The summed E-state index contributed by atoms with van der Waals surface area (Å²) in [6.45, 7) is 2.01. The second-order valence-electron chi connectivity index (χ2n) is 4.89. The van der Waals surface area contributed by atoms with Crippen molar-refractivity contribution >= 4 is 23.2 Å². The number of anilines is 2. The van der Waals surface area contributed by atoms with E-state index in [1.807, 2.05) is 31.2 Å². The maximum absolute atomic E-state index is 12.5. The zero-order valence-electron chi connectivity index (χ0n) is 12.8. The van der Waals surface area contributed by atoms with Crippen LogP contribution in [0.5, 0.6) is 0 Å². The van der Waals surface area contributed by atoms with Crippen molar-refractivity contribution in [1.29, 1.82) is 5.26 Å². The molecule has 0 aliphatic carbocycles. The first-order chi connectivity index (χ1) is 11.2. The highest BCUT2D eigenvalue weighted by molar-refractivity contribution is 6.10. The minimum Gasteiger partial charge on any atom is -0.324 e. The molecule has 2 amide bonds. The Morgan fingerprint density at radius 3 is 2.35 bits per heavy atom. The van der Waals surface area contributed by atoms with Crippen LogP contribution in [0.4, 0.5) is 11.4 Å². The lowest BCUT2D eigenvalue weighted by Gasteiger charge is -2.12. The second kappa shape index (κ2) is 7.76. The molecule has 0 saturated carbocycles. The quantitative estimate of drug-likeness (QED) is 0.888. The minimum absolute atomic E-state index is 0.255. The smallest absolute Gasteiger partial charge is 0.257 e. The molecule has 2 aromatic carbocycles. The van der Waals surface area contributed by atoms with Crippen molar-refractivity contribution < 1.29 is 9.59 Å². The van der Waals surface area contributed by atoms with Gasteiger partial charge in [-0.05, 0) is 30.2 Å². The van der Waals surface area contributed by atoms with Crippen LogP contribution in [0.25, 0.3) is 0 Å². The van der Waals surface area contributed by atoms with Crippen LogP contribution in [0.3, 0.4) is 0 Å². The third kappa shape index (κ3) is 4.17. The first-order valence-corrected chi connectivity index (χ1v) is 7.30. The molecule has 23 heavy (non-hydrogen) atoms. The van der Waals surface area contributed by atoms with Gasteiger partial charge in [-0.15, -0.1) is 0 Å². The molecule has 2 rings (SSSR count). The van der Waals surface area contributed by atoms with Crippen molar-refractivity contribution in [3.8, 4) is 6.07 Å². The molecule has 0 aliphatic rings. The molecule has 0 aliphatic heterocycles. The van der Waals surface area contributed by atoms with Crippen molar-refractivity contribution in [3.05, 3.63) is 59.7 Å². The van der Waals surface area contributed by atoms with Crippen LogP contribution in [0.2, 0.25) is 0 Å². The van der Waals surface area contributed by atoms with E-state index < -0.39 is 5.91 Å². The van der Waals surface area contributed by atoms with Crippen LogP contribution >= 0.6 is 0 Å². The number of amides is 2. The van der Waals surface area contributed by atoms with Gasteiger partial charge in [-0.1, -0.05) is 37.3 Å². The average Bonchev–Trinajstić information content (AvgIpc) is 2.56. The molecule has 0 spiro atoms. The average molecular weight is 307 g/mol. The van der Waals surface area contributed by atoms with Gasteiger partial charge in [0.15, 0.2) is 0 Å². The number of carbonyl (C=O) groups excluding carboxylic acids is 2. The molecule has 0 bridgehead atoms. The summed E-state index contributed by atoms with van der Waals surface area (Å²) >= 11 is 0. The minimum atomic E-state index is -0.443. The Bertz CT molecular complexity index is 763. The van der Waals surface area contributed by atoms with Crippen LogP contribution < -0.4 is 10.6 Å². The first kappa shape index (κ1) is 16.2. The fraction of sp³-hybridized carbons (Fsp3) is 0.167. The number of benzene rings is 2. The van der Waals surface area contributed by atoms with Crippen LogP contribution in [0.15, 0.2) is 48.5 Å². The van der Waals surface area contributed by atoms with Crippen LogP contribution in [0.1, 0.15) is 29.3 Å². The van der Waals surface area contributed by atoms with E-state index in [-0.39, 0.29) is 12.3 Å². The van der Waals surface area contributed by atoms with Crippen molar-refractivity contribution in [2.45, 2.75) is 19.8 Å². The number of nitrogens with one attached hydrogen (secondary N) is 2. The van der Waals surface area contributed by atoms with Gasteiger partial charge in [0.2, 0.25) is 5.91 Å². The number of hydrogen-bond acceptors (Lipinski definition) is 3. The number of nitrogens with zero attached hydrogens (tertiary/aromatic N) is 1. The lowest BCUT2D eigenvalue weighted by Crippen LogP contribution is -2.18. The molecule has 116 valence electrons. The molecule has 0 atom stereocenters. The summed E-state index contributed by atoms with van der Waals surface area (Å²) in [6.07, 6.45) is 0.547. The van der Waals surface area contributed by atoms with Crippen LogP contribution in [-0.2, 0) is 11.2 Å². The van der Waals surface area contributed by atoms with E-state index in [1.54, 1.807) is 30.3 Å². The summed E-state index contributed by atoms with van der Waals surface area (Å²) in [5.41, 5.74) is 2.52. The Labute approximate surface area is 134 Å². The maximum Gasteiger partial charge on any atom is 0.257 e. The van der Waals surface area contributed by atoms with Crippen LogP contribution in [0, 0.1) is 11.3 Å². The van der Waals surface area contributed by atoms with E-state index >= 15 is 0 Å².